The van der Waals surface area contributed by atoms with E-state index in [1.165, 1.54) is 6.07 Å². The lowest BCUT2D eigenvalue weighted by Crippen LogP contribution is -2.39. The summed E-state index contributed by atoms with van der Waals surface area (Å²) in [6.07, 6.45) is 2.69. The molecule has 3 rings (SSSR count). The Labute approximate surface area is 104 Å². The predicted molar refractivity (Wildman–Crippen MR) is 67.8 cm³/mol. The molecular weight excluding hydrogens is 231 g/mol. The SMILES string of the molecule is CC1CC(=O)CC(c2cc3[nH]ccc3cc2F)N1. The molecule has 2 N–H and O–H groups in total. The second kappa shape index (κ2) is 4.21. The first-order valence-electron chi connectivity index (χ1n) is 6.18. The van der Waals surface area contributed by atoms with Crippen molar-refractivity contribution in [2.45, 2.75) is 31.8 Å². The fraction of sp³-hybridized carbons (Fsp3) is 0.357. The zero-order chi connectivity index (χ0) is 12.7. The van der Waals surface area contributed by atoms with Gasteiger partial charge in [-0.2, -0.15) is 0 Å². The van der Waals surface area contributed by atoms with Crippen LogP contribution < -0.4 is 5.32 Å². The summed E-state index contributed by atoms with van der Waals surface area (Å²) >= 11 is 0. The molecule has 3 nitrogen and oxygen atoms in total. The van der Waals surface area contributed by atoms with Crippen LogP contribution in [-0.2, 0) is 4.79 Å². The molecule has 2 unspecified atom stereocenters. The first kappa shape index (κ1) is 11.4. The Morgan fingerprint density at radius 2 is 2.17 bits per heavy atom. The van der Waals surface area contributed by atoms with Gasteiger partial charge in [0.25, 0.3) is 0 Å². The number of carbonyl (C=O) groups excluding carboxylic acids is 1. The maximum absolute atomic E-state index is 14.1. The van der Waals surface area contributed by atoms with Gasteiger partial charge in [-0.3, -0.25) is 4.79 Å². The second-order valence-corrected chi connectivity index (χ2v) is 5.01. The first-order chi connectivity index (χ1) is 8.63. The van der Waals surface area contributed by atoms with Gasteiger partial charge in [-0.1, -0.05) is 0 Å². The summed E-state index contributed by atoms with van der Waals surface area (Å²) in [6.45, 7) is 1.95. The molecule has 2 aromatic rings. The van der Waals surface area contributed by atoms with Crippen LogP contribution in [0.4, 0.5) is 4.39 Å². The highest BCUT2D eigenvalue weighted by molar-refractivity contribution is 5.82. The number of benzene rings is 1. The third kappa shape index (κ3) is 1.93. The smallest absolute Gasteiger partial charge is 0.136 e. The van der Waals surface area contributed by atoms with Gasteiger partial charge in [-0.15, -0.1) is 0 Å². The molecule has 1 aliphatic rings. The number of hydrogen-bond acceptors (Lipinski definition) is 2. The van der Waals surface area contributed by atoms with Crippen LogP contribution in [0.2, 0.25) is 0 Å². The topological polar surface area (TPSA) is 44.9 Å². The summed E-state index contributed by atoms with van der Waals surface area (Å²) in [7, 11) is 0. The van der Waals surface area contributed by atoms with Crippen LogP contribution >= 0.6 is 0 Å². The summed E-state index contributed by atoms with van der Waals surface area (Å²) in [5, 5.41) is 4.14. The van der Waals surface area contributed by atoms with Crippen LogP contribution in [0.3, 0.4) is 0 Å². The molecule has 4 heteroatoms. The van der Waals surface area contributed by atoms with Crippen molar-refractivity contribution in [3.8, 4) is 0 Å². The molecular formula is C14H15FN2O. The van der Waals surface area contributed by atoms with E-state index in [2.05, 4.69) is 10.3 Å². The molecule has 2 atom stereocenters. The second-order valence-electron chi connectivity index (χ2n) is 5.01. The molecule has 2 heterocycles. The van der Waals surface area contributed by atoms with Crippen LogP contribution in [0, 0.1) is 5.82 Å². The summed E-state index contributed by atoms with van der Waals surface area (Å²) in [5.41, 5.74) is 1.48. The summed E-state index contributed by atoms with van der Waals surface area (Å²) < 4.78 is 14.1. The van der Waals surface area contributed by atoms with E-state index in [0.29, 0.717) is 18.4 Å². The van der Waals surface area contributed by atoms with Gasteiger partial charge in [-0.25, -0.2) is 4.39 Å². The Kier molecular flexibility index (Phi) is 2.67. The van der Waals surface area contributed by atoms with Crippen molar-refractivity contribution < 1.29 is 9.18 Å². The van der Waals surface area contributed by atoms with Crippen LogP contribution in [0.5, 0.6) is 0 Å². The molecule has 1 aromatic carbocycles. The summed E-state index contributed by atoms with van der Waals surface area (Å²) in [5.74, 6) is -0.0567. The molecule has 94 valence electrons. The Balaban J connectivity index is 2.02. The maximum atomic E-state index is 14.1. The van der Waals surface area contributed by atoms with Gasteiger partial charge >= 0.3 is 0 Å². The van der Waals surface area contributed by atoms with Gasteiger partial charge in [0.15, 0.2) is 0 Å². The zero-order valence-corrected chi connectivity index (χ0v) is 10.2. The highest BCUT2D eigenvalue weighted by atomic mass is 19.1. The monoisotopic (exact) mass is 246 g/mol. The van der Waals surface area contributed by atoms with Crippen molar-refractivity contribution in [3.63, 3.8) is 0 Å². The van der Waals surface area contributed by atoms with Gasteiger partial charge in [-0.05, 0) is 25.1 Å². The first-order valence-corrected chi connectivity index (χ1v) is 6.18. The zero-order valence-electron chi connectivity index (χ0n) is 10.2. The number of ketones is 1. The lowest BCUT2D eigenvalue weighted by Gasteiger charge is -2.28. The molecule has 0 radical (unpaired) electrons. The molecule has 1 saturated heterocycles. The standard InChI is InChI=1S/C14H15FN2O/c1-8-4-10(18)6-14(17-8)11-7-13-9(2-3-16-13)5-12(11)15/h2-3,5,7-8,14,16-17H,4,6H2,1H3. The van der Waals surface area contributed by atoms with Gasteiger partial charge in [0.1, 0.15) is 11.6 Å². The lowest BCUT2D eigenvalue weighted by molar-refractivity contribution is -0.121. The van der Waals surface area contributed by atoms with E-state index < -0.39 is 0 Å². The molecule has 1 fully saturated rings. The van der Waals surface area contributed by atoms with E-state index in [9.17, 15) is 9.18 Å². The fourth-order valence-electron chi connectivity index (χ4n) is 2.67. The van der Waals surface area contributed by atoms with Crippen LogP contribution in [-0.4, -0.2) is 16.8 Å². The number of carbonyl (C=O) groups is 1. The molecule has 0 saturated carbocycles. The normalized spacial score (nSPS) is 24.7. The number of H-pyrrole nitrogens is 1. The highest BCUT2D eigenvalue weighted by Gasteiger charge is 2.27. The largest absolute Gasteiger partial charge is 0.361 e. The number of piperidine rings is 1. The van der Waals surface area contributed by atoms with E-state index >= 15 is 0 Å². The Hall–Kier alpha value is -1.68. The Bertz CT molecular complexity index is 605. The van der Waals surface area contributed by atoms with Crippen molar-refractivity contribution in [2.75, 3.05) is 0 Å². The number of aromatic nitrogens is 1. The third-order valence-corrected chi connectivity index (χ3v) is 3.50. The molecule has 0 aliphatic carbocycles. The molecule has 18 heavy (non-hydrogen) atoms. The maximum Gasteiger partial charge on any atom is 0.136 e. The average Bonchev–Trinajstić information content (AvgIpc) is 2.73. The quantitative estimate of drug-likeness (QED) is 0.812. The summed E-state index contributed by atoms with van der Waals surface area (Å²) in [6, 6.07) is 5.05. The number of halogens is 1. The predicted octanol–water partition coefficient (Wildman–Crippen LogP) is 2.69. The lowest BCUT2D eigenvalue weighted by atomic mass is 9.92. The van der Waals surface area contributed by atoms with Gasteiger partial charge in [0.2, 0.25) is 0 Å². The van der Waals surface area contributed by atoms with E-state index in [1.807, 2.05) is 13.0 Å². The Morgan fingerprint density at radius 1 is 1.33 bits per heavy atom. The van der Waals surface area contributed by atoms with Gasteiger partial charge < -0.3 is 10.3 Å². The van der Waals surface area contributed by atoms with Crippen LogP contribution in [0.25, 0.3) is 10.9 Å². The number of aromatic amines is 1. The molecule has 1 aromatic heterocycles. The summed E-state index contributed by atoms with van der Waals surface area (Å²) in [4.78, 5) is 14.7. The van der Waals surface area contributed by atoms with Crippen molar-refractivity contribution in [2.24, 2.45) is 0 Å². The number of fused-ring (bicyclic) bond motifs is 1. The van der Waals surface area contributed by atoms with Gasteiger partial charge in [0, 0.05) is 47.6 Å². The van der Waals surface area contributed by atoms with Gasteiger partial charge in [0.05, 0.1) is 0 Å². The number of Topliss-reactive ketones (excluding diaryl/α,β-unsaturated/α-hetero) is 1. The average molecular weight is 246 g/mol. The third-order valence-electron chi connectivity index (χ3n) is 3.50. The van der Waals surface area contributed by atoms with Crippen molar-refractivity contribution >= 4 is 16.7 Å². The van der Waals surface area contributed by atoms with Crippen molar-refractivity contribution in [1.29, 1.82) is 0 Å². The fourth-order valence-corrected chi connectivity index (χ4v) is 2.67. The number of nitrogens with one attached hydrogen (secondary N) is 2. The van der Waals surface area contributed by atoms with E-state index in [1.54, 1.807) is 12.3 Å². The van der Waals surface area contributed by atoms with E-state index in [4.69, 9.17) is 0 Å². The highest BCUT2D eigenvalue weighted by Crippen LogP contribution is 2.28. The van der Waals surface area contributed by atoms with E-state index in [0.717, 1.165) is 10.9 Å². The minimum Gasteiger partial charge on any atom is -0.361 e. The Morgan fingerprint density at radius 3 is 2.94 bits per heavy atom. The number of rotatable bonds is 1. The van der Waals surface area contributed by atoms with Crippen LogP contribution in [0.15, 0.2) is 24.4 Å². The molecule has 0 bridgehead atoms. The molecule has 0 amide bonds. The minimum absolute atomic E-state index is 0.106. The van der Waals surface area contributed by atoms with Crippen molar-refractivity contribution in [3.05, 3.63) is 35.8 Å². The molecule has 0 spiro atoms. The minimum atomic E-state index is -0.249. The van der Waals surface area contributed by atoms with Crippen LogP contribution in [0.1, 0.15) is 31.4 Å². The van der Waals surface area contributed by atoms with E-state index in [-0.39, 0.29) is 23.7 Å². The number of hydrogen-bond donors (Lipinski definition) is 2. The molecule has 1 aliphatic heterocycles. The van der Waals surface area contributed by atoms with Crippen molar-refractivity contribution in [1.82, 2.24) is 10.3 Å².